The van der Waals surface area contributed by atoms with Crippen molar-refractivity contribution in [2.75, 3.05) is 33.2 Å². The number of nitrogens with one attached hydrogen (secondary N) is 1. The Morgan fingerprint density at radius 1 is 1.31 bits per heavy atom. The second-order valence-corrected chi connectivity index (χ2v) is 7.66. The molecule has 1 aromatic rings. The fourth-order valence-corrected chi connectivity index (χ4v) is 4.87. The summed E-state index contributed by atoms with van der Waals surface area (Å²) in [6.45, 7) is 9.02. The molecule has 1 amide bonds. The number of carbonyl (C=O) groups excluding carboxylic acids is 1. The molecular formula is C20H30FN3O2. The molecule has 2 saturated heterocycles. The lowest BCUT2D eigenvalue weighted by molar-refractivity contribution is -0.0503. The summed E-state index contributed by atoms with van der Waals surface area (Å²) in [6.07, 6.45) is 2.04. The largest absolute Gasteiger partial charge is 0.306 e. The molecule has 4 aliphatic rings. The van der Waals surface area contributed by atoms with Crippen LogP contribution in [0.1, 0.15) is 41.8 Å². The predicted molar refractivity (Wildman–Crippen MR) is 98.6 cm³/mol. The van der Waals surface area contributed by atoms with Gasteiger partial charge in [0.1, 0.15) is 5.82 Å². The van der Waals surface area contributed by atoms with Crippen LogP contribution in [0.2, 0.25) is 0 Å². The number of halogens is 1. The second kappa shape index (κ2) is 8.03. The standard InChI is InChI=1S/C18H24FN3O2.C2H6/c1-21-7-12-5-13(8-21)16(12)10-22-3-2-15-14(9-22)4-11(6-17(15)19)18(23)20-24;1-2/h4,6,12-13,16,24H,2-3,5,7-10H2,1H3,(H,20,23);1-2H3. The van der Waals surface area contributed by atoms with Gasteiger partial charge in [-0.15, -0.1) is 0 Å². The van der Waals surface area contributed by atoms with Gasteiger partial charge in [-0.05, 0) is 60.9 Å². The molecule has 2 bridgehead atoms. The zero-order valence-corrected chi connectivity index (χ0v) is 16.0. The Labute approximate surface area is 155 Å². The predicted octanol–water partition coefficient (Wildman–Crippen LogP) is 2.53. The third-order valence-electron chi connectivity index (χ3n) is 6.10. The maximum atomic E-state index is 14.2. The van der Waals surface area contributed by atoms with Crippen LogP contribution in [0.5, 0.6) is 0 Å². The first-order valence-corrected chi connectivity index (χ1v) is 9.71. The van der Waals surface area contributed by atoms with Crippen LogP contribution < -0.4 is 5.48 Å². The van der Waals surface area contributed by atoms with Gasteiger partial charge in [0.05, 0.1) is 0 Å². The molecule has 3 aliphatic heterocycles. The van der Waals surface area contributed by atoms with E-state index < -0.39 is 5.91 Å². The van der Waals surface area contributed by atoms with Crippen LogP contribution in [-0.4, -0.2) is 54.1 Å². The molecule has 2 atom stereocenters. The summed E-state index contributed by atoms with van der Waals surface area (Å²) in [4.78, 5) is 16.4. The zero-order valence-electron chi connectivity index (χ0n) is 16.0. The number of hydroxylamine groups is 1. The van der Waals surface area contributed by atoms with Crippen LogP contribution in [0.25, 0.3) is 0 Å². The van der Waals surface area contributed by atoms with Crippen molar-refractivity contribution in [2.24, 2.45) is 17.8 Å². The minimum atomic E-state index is -0.662. The van der Waals surface area contributed by atoms with Gasteiger partial charge in [-0.25, -0.2) is 9.87 Å². The number of piperidine rings is 2. The molecular weight excluding hydrogens is 333 g/mol. The maximum Gasteiger partial charge on any atom is 0.274 e. The van der Waals surface area contributed by atoms with Crippen molar-refractivity contribution in [3.8, 4) is 0 Å². The summed E-state index contributed by atoms with van der Waals surface area (Å²) in [5, 5.41) is 8.77. The van der Waals surface area contributed by atoms with Gasteiger partial charge in [-0.3, -0.25) is 14.9 Å². The molecule has 3 heterocycles. The van der Waals surface area contributed by atoms with Gasteiger partial charge < -0.3 is 4.90 Å². The lowest BCUT2D eigenvalue weighted by Gasteiger charge is -2.54. The summed E-state index contributed by atoms with van der Waals surface area (Å²) in [5.41, 5.74) is 3.36. The molecule has 0 radical (unpaired) electrons. The molecule has 1 saturated carbocycles. The van der Waals surface area contributed by atoms with Gasteiger partial charge in [0.25, 0.3) is 5.91 Å². The quantitative estimate of drug-likeness (QED) is 0.640. The van der Waals surface area contributed by atoms with Gasteiger partial charge in [0.15, 0.2) is 0 Å². The fraction of sp³-hybridized carbons (Fsp3) is 0.650. The Hall–Kier alpha value is -1.50. The van der Waals surface area contributed by atoms with E-state index in [0.717, 1.165) is 36.4 Å². The van der Waals surface area contributed by atoms with Crippen LogP contribution in [0.15, 0.2) is 12.1 Å². The first-order chi connectivity index (χ1) is 12.5. The van der Waals surface area contributed by atoms with Crippen molar-refractivity contribution >= 4 is 5.91 Å². The van der Waals surface area contributed by atoms with E-state index in [9.17, 15) is 9.18 Å². The Balaban J connectivity index is 0.000000948. The Morgan fingerprint density at radius 2 is 2.00 bits per heavy atom. The number of nitrogens with zero attached hydrogens (tertiary/aromatic N) is 2. The monoisotopic (exact) mass is 363 g/mol. The van der Waals surface area contributed by atoms with E-state index in [1.54, 1.807) is 11.5 Å². The van der Waals surface area contributed by atoms with Gasteiger partial charge in [-0.2, -0.15) is 0 Å². The number of hydrogen-bond donors (Lipinski definition) is 2. The van der Waals surface area contributed by atoms with Gasteiger partial charge in [-0.1, -0.05) is 13.8 Å². The van der Waals surface area contributed by atoms with Crippen molar-refractivity contribution in [1.82, 2.24) is 15.3 Å². The SMILES string of the molecule is CC.CN1CC2CC(C1)C2CN1CCc2c(F)cc(C(=O)NO)cc2C1. The highest BCUT2D eigenvalue weighted by atomic mass is 19.1. The highest BCUT2D eigenvalue weighted by molar-refractivity contribution is 5.93. The Bertz CT molecular complexity index is 655. The average Bonchev–Trinajstić information content (AvgIpc) is 2.66. The van der Waals surface area contributed by atoms with Crippen molar-refractivity contribution in [3.63, 3.8) is 0 Å². The molecule has 2 N–H and O–H groups in total. The molecule has 3 fully saturated rings. The van der Waals surface area contributed by atoms with E-state index in [1.807, 2.05) is 13.8 Å². The second-order valence-electron chi connectivity index (χ2n) is 7.66. The zero-order chi connectivity index (χ0) is 18.8. The molecule has 144 valence electrons. The highest BCUT2D eigenvalue weighted by Crippen LogP contribution is 2.45. The van der Waals surface area contributed by atoms with E-state index in [-0.39, 0.29) is 11.4 Å². The Morgan fingerprint density at radius 3 is 2.65 bits per heavy atom. The van der Waals surface area contributed by atoms with Crippen molar-refractivity contribution in [3.05, 3.63) is 34.6 Å². The molecule has 0 spiro atoms. The molecule has 1 aromatic carbocycles. The smallest absolute Gasteiger partial charge is 0.274 e. The van der Waals surface area contributed by atoms with Crippen molar-refractivity contribution in [1.29, 1.82) is 0 Å². The minimum Gasteiger partial charge on any atom is -0.306 e. The summed E-state index contributed by atoms with van der Waals surface area (Å²) < 4.78 is 14.2. The molecule has 2 unspecified atom stereocenters. The number of fused-ring (bicyclic) bond motifs is 3. The third kappa shape index (κ3) is 3.63. The van der Waals surface area contributed by atoms with E-state index in [1.165, 1.54) is 25.6 Å². The third-order valence-corrected chi connectivity index (χ3v) is 6.10. The first kappa shape index (κ1) is 19.3. The number of amides is 1. The fourth-order valence-electron chi connectivity index (χ4n) is 4.87. The highest BCUT2D eigenvalue weighted by Gasteiger charge is 2.46. The lowest BCUT2D eigenvalue weighted by Crippen LogP contribution is -2.57. The molecule has 26 heavy (non-hydrogen) atoms. The molecule has 5 rings (SSSR count). The summed E-state index contributed by atoms with van der Waals surface area (Å²) >= 11 is 0. The van der Waals surface area contributed by atoms with E-state index in [0.29, 0.717) is 18.5 Å². The summed E-state index contributed by atoms with van der Waals surface area (Å²) in [6, 6.07) is 2.93. The van der Waals surface area contributed by atoms with Crippen LogP contribution >= 0.6 is 0 Å². The van der Waals surface area contributed by atoms with Gasteiger partial charge >= 0.3 is 0 Å². The topological polar surface area (TPSA) is 55.8 Å². The van der Waals surface area contributed by atoms with Crippen LogP contribution in [0, 0.1) is 23.6 Å². The van der Waals surface area contributed by atoms with Crippen molar-refractivity contribution in [2.45, 2.75) is 33.2 Å². The van der Waals surface area contributed by atoms with E-state index in [4.69, 9.17) is 5.21 Å². The molecule has 5 nitrogen and oxygen atoms in total. The van der Waals surface area contributed by atoms with E-state index >= 15 is 0 Å². The summed E-state index contributed by atoms with van der Waals surface area (Å²) in [5.74, 6) is 1.37. The number of rotatable bonds is 3. The average molecular weight is 363 g/mol. The molecule has 6 heteroatoms. The number of benzene rings is 1. The van der Waals surface area contributed by atoms with Crippen LogP contribution in [0.4, 0.5) is 4.39 Å². The normalized spacial score (nSPS) is 27.7. The van der Waals surface area contributed by atoms with Gasteiger partial charge in [0, 0.05) is 38.3 Å². The number of hydrogen-bond acceptors (Lipinski definition) is 4. The first-order valence-electron chi connectivity index (χ1n) is 9.71. The van der Waals surface area contributed by atoms with Crippen LogP contribution in [-0.2, 0) is 13.0 Å². The number of carbonyl (C=O) groups is 1. The molecule has 1 aliphatic carbocycles. The molecule has 0 aromatic heterocycles. The minimum absolute atomic E-state index is 0.178. The van der Waals surface area contributed by atoms with E-state index in [2.05, 4.69) is 16.8 Å². The van der Waals surface area contributed by atoms with Crippen molar-refractivity contribution < 1.29 is 14.4 Å². The summed E-state index contributed by atoms with van der Waals surface area (Å²) in [7, 11) is 2.20. The maximum absolute atomic E-state index is 14.2. The Kier molecular flexibility index (Phi) is 5.95. The van der Waals surface area contributed by atoms with Crippen LogP contribution in [0.3, 0.4) is 0 Å². The lowest BCUT2D eigenvalue weighted by atomic mass is 9.61. The van der Waals surface area contributed by atoms with Gasteiger partial charge in [0.2, 0.25) is 0 Å².